The molecule has 3 nitrogen and oxygen atoms in total. The fourth-order valence-corrected chi connectivity index (χ4v) is 5.91. The molecule has 2 aliphatic heterocycles. The molecule has 164 valence electrons. The Hall–Kier alpha value is -3.59. The molecule has 0 amide bonds. The summed E-state index contributed by atoms with van der Waals surface area (Å²) in [6.07, 6.45) is 6.27. The van der Waals surface area contributed by atoms with Gasteiger partial charge in [0.2, 0.25) is 0 Å². The zero-order valence-electron chi connectivity index (χ0n) is 20.0. The van der Waals surface area contributed by atoms with Crippen LogP contribution >= 0.6 is 0 Å². The van der Waals surface area contributed by atoms with E-state index in [4.69, 9.17) is 4.98 Å². The minimum atomic E-state index is -0.166. The van der Waals surface area contributed by atoms with E-state index in [1.54, 1.807) is 0 Å². The minimum Gasteiger partial charge on any atom is -0.355 e. The van der Waals surface area contributed by atoms with E-state index in [9.17, 15) is 0 Å². The number of rotatable bonds is 1. The summed E-state index contributed by atoms with van der Waals surface area (Å²) in [5, 5.41) is 7.13. The molecule has 6 rings (SSSR count). The van der Waals surface area contributed by atoms with Crippen molar-refractivity contribution >= 4 is 34.4 Å². The SMILES string of the molecule is C=c1c2n(c3cc4c(cc13)C(C)(C)c1ccccc1N4)-c1ncccc1C(C)(C)C=2/C=C\C. The number of anilines is 2. The molecule has 2 aromatic carbocycles. The topological polar surface area (TPSA) is 29.9 Å². The Bertz CT molecular complexity index is 1610. The highest BCUT2D eigenvalue weighted by Crippen LogP contribution is 2.47. The number of para-hydroxylation sites is 1. The van der Waals surface area contributed by atoms with Crippen molar-refractivity contribution < 1.29 is 0 Å². The Kier molecular flexibility index (Phi) is 3.93. The Morgan fingerprint density at radius 2 is 1.67 bits per heavy atom. The molecule has 0 spiro atoms. The lowest BCUT2D eigenvalue weighted by Gasteiger charge is -2.36. The van der Waals surface area contributed by atoms with Crippen LogP contribution in [0.25, 0.3) is 28.9 Å². The maximum absolute atomic E-state index is 4.87. The van der Waals surface area contributed by atoms with Gasteiger partial charge in [0.05, 0.1) is 10.9 Å². The van der Waals surface area contributed by atoms with Crippen LogP contribution in [-0.2, 0) is 10.8 Å². The summed E-state index contributed by atoms with van der Waals surface area (Å²) in [6.45, 7) is 15.9. The van der Waals surface area contributed by atoms with Crippen LogP contribution in [0.5, 0.6) is 0 Å². The molecule has 2 aliphatic rings. The molecule has 0 aliphatic carbocycles. The fraction of sp³-hybridized carbons (Fsp3) is 0.233. The Balaban J connectivity index is 1.79. The van der Waals surface area contributed by atoms with Crippen LogP contribution in [0.4, 0.5) is 11.4 Å². The average Bonchev–Trinajstić information content (AvgIpc) is 3.07. The van der Waals surface area contributed by atoms with E-state index >= 15 is 0 Å². The number of pyridine rings is 1. The number of fused-ring (bicyclic) bond motifs is 7. The van der Waals surface area contributed by atoms with E-state index in [0.29, 0.717) is 0 Å². The molecule has 33 heavy (non-hydrogen) atoms. The number of nitrogens with one attached hydrogen (secondary N) is 1. The first-order valence-electron chi connectivity index (χ1n) is 11.6. The van der Waals surface area contributed by atoms with Gasteiger partial charge >= 0.3 is 0 Å². The van der Waals surface area contributed by atoms with Gasteiger partial charge in [-0.2, -0.15) is 0 Å². The van der Waals surface area contributed by atoms with Gasteiger partial charge in [-0.1, -0.05) is 70.7 Å². The summed E-state index contributed by atoms with van der Waals surface area (Å²) >= 11 is 0. The van der Waals surface area contributed by atoms with Gasteiger partial charge in [-0.05, 0) is 47.9 Å². The normalized spacial score (nSPS) is 17.3. The predicted molar refractivity (Wildman–Crippen MR) is 139 cm³/mol. The molecule has 4 aromatic rings. The largest absolute Gasteiger partial charge is 0.355 e. The van der Waals surface area contributed by atoms with Crippen LogP contribution in [0.15, 0.2) is 66.9 Å². The molecule has 0 fully saturated rings. The number of nitrogens with zero attached hydrogens (tertiary/aromatic N) is 2. The Morgan fingerprint density at radius 1 is 0.909 bits per heavy atom. The number of aromatic nitrogens is 2. The van der Waals surface area contributed by atoms with Crippen molar-refractivity contribution in [3.05, 3.63) is 94.1 Å². The summed E-state index contributed by atoms with van der Waals surface area (Å²) in [5.74, 6) is 1.00. The monoisotopic (exact) mass is 431 g/mol. The van der Waals surface area contributed by atoms with Gasteiger partial charge in [0.15, 0.2) is 0 Å². The van der Waals surface area contributed by atoms with Crippen molar-refractivity contribution in [2.75, 3.05) is 5.32 Å². The molecular weight excluding hydrogens is 402 g/mol. The quantitative estimate of drug-likeness (QED) is 0.410. The standard InChI is InChI=1S/C30H29N3/c1-7-11-21-27-18(2)19-16-23-25(32-24-14-9-8-12-20(24)29(23,3)4)17-26(19)33(27)28-22(30(21,5)6)13-10-15-31-28/h7-17,32H,2H2,1,3-6H3/b11-7-. The van der Waals surface area contributed by atoms with Crippen molar-refractivity contribution in [3.8, 4) is 5.82 Å². The first-order chi connectivity index (χ1) is 15.8. The average molecular weight is 432 g/mol. The van der Waals surface area contributed by atoms with Crippen LogP contribution in [-0.4, -0.2) is 9.55 Å². The predicted octanol–water partition coefficient (Wildman–Crippen LogP) is 5.84. The molecule has 4 heterocycles. The first kappa shape index (κ1) is 20.0. The van der Waals surface area contributed by atoms with Gasteiger partial charge in [0.25, 0.3) is 0 Å². The third kappa shape index (κ3) is 2.48. The highest BCUT2D eigenvalue weighted by molar-refractivity contribution is 5.93. The van der Waals surface area contributed by atoms with Crippen LogP contribution < -0.4 is 15.9 Å². The summed E-state index contributed by atoms with van der Waals surface area (Å²) in [7, 11) is 0. The van der Waals surface area contributed by atoms with E-state index in [1.807, 2.05) is 12.3 Å². The lowest BCUT2D eigenvalue weighted by molar-refractivity contribution is 0.639. The molecule has 0 atom stereocenters. The van der Waals surface area contributed by atoms with E-state index in [-0.39, 0.29) is 10.8 Å². The van der Waals surface area contributed by atoms with E-state index in [1.165, 1.54) is 33.3 Å². The van der Waals surface area contributed by atoms with E-state index in [0.717, 1.165) is 27.6 Å². The first-order valence-corrected chi connectivity index (χ1v) is 11.6. The number of hydrogen-bond acceptors (Lipinski definition) is 2. The zero-order chi connectivity index (χ0) is 23.1. The lowest BCUT2D eigenvalue weighted by Crippen LogP contribution is -2.41. The number of benzene rings is 2. The van der Waals surface area contributed by atoms with Crippen molar-refractivity contribution in [3.63, 3.8) is 0 Å². The van der Waals surface area contributed by atoms with Gasteiger partial charge in [-0.15, -0.1) is 0 Å². The van der Waals surface area contributed by atoms with Crippen molar-refractivity contribution in [1.29, 1.82) is 0 Å². The van der Waals surface area contributed by atoms with E-state index in [2.05, 4.69) is 106 Å². The summed E-state index contributed by atoms with van der Waals surface area (Å²) in [5.41, 5.74) is 8.34. The van der Waals surface area contributed by atoms with Crippen LogP contribution in [0, 0.1) is 0 Å². The molecule has 0 unspecified atom stereocenters. The Labute approximate surface area is 194 Å². The number of allylic oxidation sites excluding steroid dienone is 2. The van der Waals surface area contributed by atoms with Crippen molar-refractivity contribution in [2.45, 2.75) is 45.4 Å². The summed E-state index contributed by atoms with van der Waals surface area (Å²) in [4.78, 5) is 4.87. The van der Waals surface area contributed by atoms with Gasteiger partial charge in [0, 0.05) is 44.6 Å². The lowest BCUT2D eigenvalue weighted by atomic mass is 9.74. The van der Waals surface area contributed by atoms with Gasteiger partial charge in [-0.3, -0.25) is 4.57 Å². The second kappa shape index (κ2) is 6.48. The highest BCUT2D eigenvalue weighted by Gasteiger charge is 2.36. The van der Waals surface area contributed by atoms with Crippen LogP contribution in [0.2, 0.25) is 0 Å². The maximum Gasteiger partial charge on any atom is 0.141 e. The summed E-state index contributed by atoms with van der Waals surface area (Å²) < 4.78 is 2.32. The van der Waals surface area contributed by atoms with Gasteiger partial charge < -0.3 is 5.32 Å². The smallest absolute Gasteiger partial charge is 0.141 e. The highest BCUT2D eigenvalue weighted by atomic mass is 15.1. The fourth-order valence-electron chi connectivity index (χ4n) is 5.91. The second-order valence-electron chi connectivity index (χ2n) is 10.3. The third-order valence-corrected chi connectivity index (χ3v) is 7.69. The van der Waals surface area contributed by atoms with Gasteiger partial charge in [-0.25, -0.2) is 4.98 Å². The second-order valence-corrected chi connectivity index (χ2v) is 10.3. The van der Waals surface area contributed by atoms with Crippen molar-refractivity contribution in [2.24, 2.45) is 0 Å². The van der Waals surface area contributed by atoms with Crippen LogP contribution in [0.1, 0.15) is 51.3 Å². The zero-order valence-corrected chi connectivity index (χ0v) is 20.0. The molecule has 0 saturated carbocycles. The molecule has 0 bridgehead atoms. The Morgan fingerprint density at radius 3 is 2.45 bits per heavy atom. The van der Waals surface area contributed by atoms with Gasteiger partial charge in [0.1, 0.15) is 5.82 Å². The van der Waals surface area contributed by atoms with Crippen LogP contribution in [0.3, 0.4) is 0 Å². The summed E-state index contributed by atoms with van der Waals surface area (Å²) in [6, 6.07) is 17.5. The molecular formula is C30H29N3. The molecule has 0 radical (unpaired) electrons. The maximum atomic E-state index is 4.87. The molecule has 3 heteroatoms. The molecule has 1 N–H and O–H groups in total. The van der Waals surface area contributed by atoms with Crippen molar-refractivity contribution in [1.82, 2.24) is 9.55 Å². The number of hydrogen-bond donors (Lipinski definition) is 1. The van der Waals surface area contributed by atoms with E-state index < -0.39 is 0 Å². The molecule has 0 saturated heterocycles. The third-order valence-electron chi connectivity index (χ3n) is 7.69. The molecule has 2 aromatic heterocycles. The minimum absolute atomic E-state index is 0.106.